The molecule has 0 unspecified atom stereocenters. The van der Waals surface area contributed by atoms with Crippen LogP contribution in [-0.4, -0.2) is 24.5 Å². The average Bonchev–Trinajstić information content (AvgIpc) is 3.08. The van der Waals surface area contributed by atoms with E-state index >= 15 is 0 Å². The summed E-state index contributed by atoms with van der Waals surface area (Å²) >= 11 is 5.97. The zero-order valence-corrected chi connectivity index (χ0v) is 16.0. The van der Waals surface area contributed by atoms with Crippen molar-refractivity contribution in [3.63, 3.8) is 0 Å². The van der Waals surface area contributed by atoms with Gasteiger partial charge in [0.05, 0.1) is 0 Å². The predicted molar refractivity (Wildman–Crippen MR) is 104 cm³/mol. The standard InChI is InChI=1S/C21H31ClN2O/c1-2-15-6-8-16(9-7-15)14-23-19-10-11-20(13-19)24-21(25)17-4-3-5-18(22)12-17/h3-5,12,15-16,19-20,23H,2,6-11,13-14H2,1H3,(H,24,25)/t15?,16?,19-,20-/m0/s1. The maximum absolute atomic E-state index is 12.3. The van der Waals surface area contributed by atoms with Gasteiger partial charge in [-0.2, -0.15) is 0 Å². The van der Waals surface area contributed by atoms with Crippen LogP contribution >= 0.6 is 11.6 Å². The van der Waals surface area contributed by atoms with Crippen LogP contribution in [0.1, 0.15) is 68.6 Å². The van der Waals surface area contributed by atoms with Crippen LogP contribution in [0.4, 0.5) is 0 Å². The van der Waals surface area contributed by atoms with Crippen molar-refractivity contribution in [2.75, 3.05) is 6.54 Å². The van der Waals surface area contributed by atoms with Crippen LogP contribution in [0.2, 0.25) is 5.02 Å². The van der Waals surface area contributed by atoms with Crippen molar-refractivity contribution in [1.82, 2.24) is 10.6 Å². The fraction of sp³-hybridized carbons (Fsp3) is 0.667. The van der Waals surface area contributed by atoms with Gasteiger partial charge in [-0.05, 0) is 68.7 Å². The molecule has 4 heteroatoms. The zero-order valence-electron chi connectivity index (χ0n) is 15.3. The minimum Gasteiger partial charge on any atom is -0.349 e. The third kappa shape index (κ3) is 5.46. The summed E-state index contributed by atoms with van der Waals surface area (Å²) in [6, 6.07) is 7.99. The summed E-state index contributed by atoms with van der Waals surface area (Å²) in [4.78, 5) is 12.3. The lowest BCUT2D eigenvalue weighted by Crippen LogP contribution is -2.37. The van der Waals surface area contributed by atoms with Gasteiger partial charge >= 0.3 is 0 Å². The highest BCUT2D eigenvalue weighted by Gasteiger charge is 2.27. The van der Waals surface area contributed by atoms with E-state index in [9.17, 15) is 4.79 Å². The number of nitrogens with one attached hydrogen (secondary N) is 2. The summed E-state index contributed by atoms with van der Waals surface area (Å²) in [7, 11) is 0. The molecule has 0 aromatic heterocycles. The van der Waals surface area contributed by atoms with E-state index in [4.69, 9.17) is 11.6 Å². The van der Waals surface area contributed by atoms with Crippen LogP contribution < -0.4 is 10.6 Å². The molecule has 0 saturated heterocycles. The predicted octanol–water partition coefficient (Wildman–Crippen LogP) is 4.80. The van der Waals surface area contributed by atoms with Crippen molar-refractivity contribution in [2.45, 2.75) is 70.4 Å². The van der Waals surface area contributed by atoms with Gasteiger partial charge in [0.1, 0.15) is 0 Å². The second-order valence-electron chi connectivity index (χ2n) is 7.89. The first-order valence-electron chi connectivity index (χ1n) is 9.93. The monoisotopic (exact) mass is 362 g/mol. The highest BCUT2D eigenvalue weighted by atomic mass is 35.5. The van der Waals surface area contributed by atoms with E-state index in [1.54, 1.807) is 12.1 Å². The number of benzene rings is 1. The van der Waals surface area contributed by atoms with Crippen molar-refractivity contribution in [3.8, 4) is 0 Å². The molecule has 0 spiro atoms. The molecule has 2 N–H and O–H groups in total. The van der Waals surface area contributed by atoms with Gasteiger partial charge < -0.3 is 10.6 Å². The third-order valence-corrected chi connectivity index (χ3v) is 6.33. The van der Waals surface area contributed by atoms with Crippen LogP contribution in [0.5, 0.6) is 0 Å². The van der Waals surface area contributed by atoms with Gasteiger partial charge in [0.15, 0.2) is 0 Å². The summed E-state index contributed by atoms with van der Waals surface area (Å²) in [5.41, 5.74) is 0.650. The van der Waals surface area contributed by atoms with E-state index in [0.29, 0.717) is 16.6 Å². The molecule has 1 aromatic carbocycles. The van der Waals surface area contributed by atoms with Crippen LogP contribution in [0.15, 0.2) is 24.3 Å². The quantitative estimate of drug-likeness (QED) is 0.763. The molecule has 2 fully saturated rings. The van der Waals surface area contributed by atoms with E-state index in [1.165, 1.54) is 32.1 Å². The first-order chi connectivity index (χ1) is 12.1. The second-order valence-corrected chi connectivity index (χ2v) is 8.33. The summed E-state index contributed by atoms with van der Waals surface area (Å²) in [6.45, 7) is 3.47. The molecule has 3 rings (SSSR count). The Bertz CT molecular complexity index is 569. The molecule has 1 aromatic rings. The highest BCUT2D eigenvalue weighted by molar-refractivity contribution is 6.30. The Morgan fingerprint density at radius 1 is 1.08 bits per heavy atom. The van der Waals surface area contributed by atoms with Crippen LogP contribution in [0, 0.1) is 11.8 Å². The molecule has 138 valence electrons. The molecule has 1 amide bonds. The smallest absolute Gasteiger partial charge is 0.251 e. The molecular formula is C21H31ClN2O. The number of hydrogen-bond donors (Lipinski definition) is 2. The molecule has 0 radical (unpaired) electrons. The summed E-state index contributed by atoms with van der Waals surface area (Å²) < 4.78 is 0. The summed E-state index contributed by atoms with van der Waals surface area (Å²) in [5, 5.41) is 7.54. The second kappa shape index (κ2) is 9.05. The van der Waals surface area contributed by atoms with Gasteiger partial charge in [0.2, 0.25) is 0 Å². The minimum atomic E-state index is -0.00830. The Morgan fingerprint density at radius 2 is 1.80 bits per heavy atom. The van der Waals surface area contributed by atoms with Crippen LogP contribution in [0.25, 0.3) is 0 Å². The molecule has 2 aliphatic carbocycles. The van der Waals surface area contributed by atoms with Crippen molar-refractivity contribution in [2.24, 2.45) is 11.8 Å². The van der Waals surface area contributed by atoms with Crippen molar-refractivity contribution < 1.29 is 4.79 Å². The first kappa shape index (κ1) is 18.7. The number of carbonyl (C=O) groups is 1. The Balaban J connectivity index is 1.38. The number of carbonyl (C=O) groups excluding carboxylic acids is 1. The maximum atomic E-state index is 12.3. The van der Waals surface area contributed by atoms with E-state index in [2.05, 4.69) is 17.6 Å². The molecule has 2 aliphatic rings. The minimum absolute atomic E-state index is 0.00830. The maximum Gasteiger partial charge on any atom is 0.251 e. The van der Waals surface area contributed by atoms with E-state index in [1.807, 2.05) is 12.1 Å². The SMILES string of the molecule is CCC1CCC(CN[C@H]2CC[C@H](NC(=O)c3cccc(Cl)c3)C2)CC1. The van der Waals surface area contributed by atoms with E-state index < -0.39 is 0 Å². The molecule has 0 aliphatic heterocycles. The van der Waals surface area contributed by atoms with Gasteiger partial charge in [0, 0.05) is 22.7 Å². The first-order valence-corrected chi connectivity index (χ1v) is 10.3. The van der Waals surface area contributed by atoms with Crippen molar-refractivity contribution in [3.05, 3.63) is 34.9 Å². The van der Waals surface area contributed by atoms with Crippen LogP contribution in [0.3, 0.4) is 0 Å². The van der Waals surface area contributed by atoms with Gasteiger partial charge in [-0.1, -0.05) is 43.9 Å². The summed E-state index contributed by atoms with van der Waals surface area (Å²) in [6.07, 6.45) is 10.2. The fourth-order valence-electron chi connectivity index (χ4n) is 4.37. The number of amides is 1. The van der Waals surface area contributed by atoms with Crippen molar-refractivity contribution >= 4 is 17.5 Å². The molecular weight excluding hydrogens is 332 g/mol. The average molecular weight is 363 g/mol. The lowest BCUT2D eigenvalue weighted by molar-refractivity contribution is 0.0937. The normalized spacial score (nSPS) is 29.5. The Morgan fingerprint density at radius 3 is 2.52 bits per heavy atom. The van der Waals surface area contributed by atoms with Gasteiger partial charge in [-0.25, -0.2) is 0 Å². The topological polar surface area (TPSA) is 41.1 Å². The van der Waals surface area contributed by atoms with E-state index in [-0.39, 0.29) is 11.9 Å². The van der Waals surface area contributed by atoms with Gasteiger partial charge in [-0.15, -0.1) is 0 Å². The van der Waals surface area contributed by atoms with Gasteiger partial charge in [-0.3, -0.25) is 4.79 Å². The molecule has 0 heterocycles. The molecule has 3 nitrogen and oxygen atoms in total. The summed E-state index contributed by atoms with van der Waals surface area (Å²) in [5.74, 6) is 1.81. The third-order valence-electron chi connectivity index (χ3n) is 6.09. The number of halogens is 1. The fourth-order valence-corrected chi connectivity index (χ4v) is 4.56. The highest BCUT2D eigenvalue weighted by Crippen LogP contribution is 2.30. The Hall–Kier alpha value is -1.06. The molecule has 2 atom stereocenters. The van der Waals surface area contributed by atoms with Crippen LogP contribution in [-0.2, 0) is 0 Å². The number of rotatable bonds is 6. The lowest BCUT2D eigenvalue weighted by atomic mass is 9.81. The molecule has 25 heavy (non-hydrogen) atoms. The molecule has 2 saturated carbocycles. The van der Waals surface area contributed by atoms with Crippen molar-refractivity contribution in [1.29, 1.82) is 0 Å². The molecule has 0 bridgehead atoms. The van der Waals surface area contributed by atoms with Gasteiger partial charge in [0.25, 0.3) is 5.91 Å². The Labute approximate surface area is 156 Å². The van der Waals surface area contributed by atoms with E-state index in [0.717, 1.165) is 37.6 Å². The zero-order chi connectivity index (χ0) is 17.6. The number of hydrogen-bond acceptors (Lipinski definition) is 2. The Kier molecular flexibility index (Phi) is 6.77. The lowest BCUT2D eigenvalue weighted by Gasteiger charge is -2.29. The largest absolute Gasteiger partial charge is 0.349 e.